The first-order chi connectivity index (χ1) is 17.2. The number of thiocarbonyl (C=S) groups is 1. The molecule has 0 saturated carbocycles. The van der Waals surface area contributed by atoms with Crippen LogP contribution in [0.5, 0.6) is 0 Å². The minimum atomic E-state index is -0.209. The van der Waals surface area contributed by atoms with Crippen molar-refractivity contribution in [3.05, 3.63) is 69.4 Å². The van der Waals surface area contributed by atoms with Gasteiger partial charge in [-0.3, -0.25) is 14.5 Å². The van der Waals surface area contributed by atoms with Crippen molar-refractivity contribution < 1.29 is 9.59 Å². The van der Waals surface area contributed by atoms with Gasteiger partial charge in [0.1, 0.15) is 12.2 Å². The van der Waals surface area contributed by atoms with Gasteiger partial charge in [0.15, 0.2) is 5.11 Å². The van der Waals surface area contributed by atoms with Crippen LogP contribution in [0.25, 0.3) is 17.0 Å². The van der Waals surface area contributed by atoms with Crippen LogP contribution in [0.3, 0.4) is 0 Å². The number of carbonyl (C=O) groups is 2. The number of likely N-dealkylation sites (N-methyl/N-ethyl adjacent to an activating group) is 1. The van der Waals surface area contributed by atoms with Gasteiger partial charge >= 0.3 is 0 Å². The number of rotatable bonds is 4. The zero-order valence-electron chi connectivity index (χ0n) is 20.1. The summed E-state index contributed by atoms with van der Waals surface area (Å²) in [6.45, 7) is 3.18. The number of aromatic nitrogens is 1. The fourth-order valence-corrected chi connectivity index (χ4v) is 5.74. The number of anilines is 1. The molecular formula is C27H26BrClN4O2S. The molecule has 2 aliphatic rings. The number of benzene rings is 2. The summed E-state index contributed by atoms with van der Waals surface area (Å²) in [5.41, 5.74) is 2.91. The van der Waals surface area contributed by atoms with E-state index in [-0.39, 0.29) is 24.4 Å². The molecule has 186 valence electrons. The molecule has 3 aromatic rings. The molecule has 0 N–H and O–H groups in total. The molecule has 2 fully saturated rings. The highest BCUT2D eigenvalue weighted by atomic mass is 79.9. The van der Waals surface area contributed by atoms with E-state index in [0.717, 1.165) is 40.3 Å². The second kappa shape index (κ2) is 10.00. The number of fused-ring (bicyclic) bond motifs is 1. The Morgan fingerprint density at radius 1 is 1.19 bits per heavy atom. The van der Waals surface area contributed by atoms with E-state index in [4.69, 9.17) is 23.8 Å². The van der Waals surface area contributed by atoms with E-state index >= 15 is 0 Å². The molecule has 5 rings (SSSR count). The number of likely N-dealkylation sites (tertiary alicyclic amines) is 1. The average molecular weight is 586 g/mol. The monoisotopic (exact) mass is 584 g/mol. The van der Waals surface area contributed by atoms with Crippen molar-refractivity contribution in [1.29, 1.82) is 0 Å². The van der Waals surface area contributed by atoms with Gasteiger partial charge in [0.25, 0.3) is 5.91 Å². The van der Waals surface area contributed by atoms with Crippen molar-refractivity contribution in [3.8, 4) is 0 Å². The highest BCUT2D eigenvalue weighted by molar-refractivity contribution is 9.10. The zero-order valence-corrected chi connectivity index (χ0v) is 23.2. The van der Waals surface area contributed by atoms with Crippen LogP contribution < -0.4 is 4.90 Å². The van der Waals surface area contributed by atoms with Crippen LogP contribution >= 0.6 is 39.7 Å². The smallest absolute Gasteiger partial charge is 0.281 e. The van der Waals surface area contributed by atoms with Gasteiger partial charge < -0.3 is 14.4 Å². The zero-order chi connectivity index (χ0) is 25.6. The summed E-state index contributed by atoms with van der Waals surface area (Å²) in [5.74, 6) is -0.0932. The second-order valence-corrected chi connectivity index (χ2v) is 11.0. The Balaban J connectivity index is 1.51. The Hall–Kier alpha value is -2.68. The summed E-state index contributed by atoms with van der Waals surface area (Å²) >= 11 is 15.2. The molecule has 0 radical (unpaired) electrons. The summed E-state index contributed by atoms with van der Waals surface area (Å²) in [7, 11) is 1.79. The van der Waals surface area contributed by atoms with Gasteiger partial charge in [-0.2, -0.15) is 0 Å². The molecule has 36 heavy (non-hydrogen) atoms. The molecule has 0 aliphatic carbocycles. The van der Waals surface area contributed by atoms with Crippen molar-refractivity contribution >= 4 is 79.3 Å². The molecule has 0 spiro atoms. The third kappa shape index (κ3) is 4.58. The normalized spacial score (nSPS) is 19.7. The summed E-state index contributed by atoms with van der Waals surface area (Å²) < 4.78 is 2.90. The van der Waals surface area contributed by atoms with Crippen molar-refractivity contribution in [2.75, 3.05) is 18.5 Å². The number of hydrogen-bond acceptors (Lipinski definition) is 3. The van der Waals surface area contributed by atoms with Crippen molar-refractivity contribution in [3.63, 3.8) is 0 Å². The number of amides is 2. The molecule has 2 aliphatic heterocycles. The Morgan fingerprint density at radius 2 is 1.94 bits per heavy atom. The van der Waals surface area contributed by atoms with Gasteiger partial charge in [0, 0.05) is 51.8 Å². The van der Waals surface area contributed by atoms with Crippen LogP contribution in [0.15, 0.2) is 58.8 Å². The summed E-state index contributed by atoms with van der Waals surface area (Å²) in [4.78, 5) is 31.9. The summed E-state index contributed by atoms with van der Waals surface area (Å²) in [6, 6.07) is 13.3. The highest BCUT2D eigenvalue weighted by Crippen LogP contribution is 2.32. The lowest BCUT2D eigenvalue weighted by atomic mass is 10.0. The average Bonchev–Trinajstić information content (AvgIpc) is 3.29. The molecule has 2 aromatic carbocycles. The predicted octanol–water partition coefficient (Wildman–Crippen LogP) is 6.06. The molecular weight excluding hydrogens is 560 g/mol. The second-order valence-electron chi connectivity index (χ2n) is 9.29. The molecule has 2 amide bonds. The lowest BCUT2D eigenvalue weighted by molar-refractivity contribution is -0.135. The van der Waals surface area contributed by atoms with Crippen LogP contribution in [0, 0.1) is 0 Å². The molecule has 2 saturated heterocycles. The maximum Gasteiger partial charge on any atom is 0.281 e. The number of halogens is 2. The van der Waals surface area contributed by atoms with E-state index in [9.17, 15) is 9.59 Å². The molecule has 0 bridgehead atoms. The molecule has 1 atom stereocenters. The quantitative estimate of drug-likeness (QED) is 0.276. The number of carbonyl (C=O) groups excluding carboxylic acids is 2. The van der Waals surface area contributed by atoms with E-state index in [0.29, 0.717) is 21.5 Å². The van der Waals surface area contributed by atoms with Gasteiger partial charge in [-0.1, -0.05) is 27.5 Å². The first-order valence-corrected chi connectivity index (χ1v) is 13.5. The lowest BCUT2D eigenvalue weighted by Gasteiger charge is -2.33. The Labute approximate surface area is 229 Å². The fourth-order valence-electron chi connectivity index (χ4n) is 4.97. The topological polar surface area (TPSA) is 48.8 Å². The summed E-state index contributed by atoms with van der Waals surface area (Å²) in [5, 5.41) is 1.94. The number of hydrogen-bond donors (Lipinski definition) is 0. The molecule has 1 aromatic heterocycles. The van der Waals surface area contributed by atoms with Crippen LogP contribution in [-0.2, 0) is 16.1 Å². The molecule has 3 heterocycles. The first kappa shape index (κ1) is 25.0. The summed E-state index contributed by atoms with van der Waals surface area (Å²) in [6.07, 6.45) is 7.06. The van der Waals surface area contributed by atoms with Gasteiger partial charge in [0.05, 0.1) is 5.69 Å². The van der Waals surface area contributed by atoms with Gasteiger partial charge in [-0.15, -0.1) is 0 Å². The number of nitrogens with zero attached hydrogens (tertiary/aromatic N) is 4. The highest BCUT2D eigenvalue weighted by Gasteiger charge is 2.37. The van der Waals surface area contributed by atoms with E-state index in [1.165, 1.54) is 11.3 Å². The van der Waals surface area contributed by atoms with E-state index in [1.807, 2.05) is 39.9 Å². The SMILES string of the molecule is C[C@H]1CCCCN1C(=O)Cn1cc(/C=C2/C(=O)N(c3ccc(Cl)cc3)C(=S)N2C)c2cc(Br)ccc21. The Bertz CT molecular complexity index is 1400. The third-order valence-electron chi connectivity index (χ3n) is 6.94. The van der Waals surface area contributed by atoms with Crippen molar-refractivity contribution in [2.45, 2.75) is 38.8 Å². The maximum atomic E-state index is 13.5. The van der Waals surface area contributed by atoms with Crippen LogP contribution in [0.2, 0.25) is 5.02 Å². The molecule has 0 unspecified atom stereocenters. The van der Waals surface area contributed by atoms with E-state index in [1.54, 1.807) is 36.2 Å². The van der Waals surface area contributed by atoms with Gasteiger partial charge in [-0.25, -0.2) is 0 Å². The largest absolute Gasteiger partial charge is 0.338 e. The fraction of sp³-hybridized carbons (Fsp3) is 0.296. The van der Waals surface area contributed by atoms with Crippen LogP contribution in [0.4, 0.5) is 5.69 Å². The standard InChI is InChI=1S/C27H26BrClN4O2S/c1-17-5-3-4-12-32(17)25(34)16-31-15-18(22-14-19(28)6-11-23(22)31)13-24-26(35)33(27(36)30(24)2)21-9-7-20(29)8-10-21/h6-11,13-15,17H,3-5,12,16H2,1-2H3/b24-13-/t17-/m0/s1. The lowest BCUT2D eigenvalue weighted by Crippen LogP contribution is -2.43. The minimum Gasteiger partial charge on any atom is -0.338 e. The van der Waals surface area contributed by atoms with Crippen LogP contribution in [0.1, 0.15) is 31.7 Å². The maximum absolute atomic E-state index is 13.5. The third-order valence-corrected chi connectivity index (χ3v) is 8.14. The van der Waals surface area contributed by atoms with E-state index < -0.39 is 0 Å². The Kier molecular flexibility index (Phi) is 6.94. The molecule has 9 heteroatoms. The van der Waals surface area contributed by atoms with Crippen LogP contribution in [-0.4, -0.2) is 50.9 Å². The van der Waals surface area contributed by atoms with E-state index in [2.05, 4.69) is 22.9 Å². The first-order valence-electron chi connectivity index (χ1n) is 11.9. The number of piperidine rings is 1. The van der Waals surface area contributed by atoms with Gasteiger partial charge in [0.2, 0.25) is 5.91 Å². The minimum absolute atomic E-state index is 0.116. The molecule has 6 nitrogen and oxygen atoms in total. The van der Waals surface area contributed by atoms with Gasteiger partial charge in [-0.05, 0) is 86.9 Å². The predicted molar refractivity (Wildman–Crippen MR) is 152 cm³/mol. The Morgan fingerprint density at radius 3 is 2.67 bits per heavy atom. The van der Waals surface area contributed by atoms with Crippen molar-refractivity contribution in [1.82, 2.24) is 14.4 Å². The van der Waals surface area contributed by atoms with Crippen molar-refractivity contribution in [2.24, 2.45) is 0 Å².